The number of carbonyl (C=O) groups excluding carboxylic acids is 2. The number of rotatable bonds is 5. The van der Waals surface area contributed by atoms with Crippen LogP contribution in [0, 0.1) is 5.41 Å². The Kier molecular flexibility index (Phi) is 5.65. The van der Waals surface area contributed by atoms with Gasteiger partial charge in [-0.2, -0.15) is 0 Å². The largest absolute Gasteiger partial charge is 0.503 e. The highest BCUT2D eigenvalue weighted by Crippen LogP contribution is 2.46. The highest BCUT2D eigenvalue weighted by atomic mass is 32.1. The van der Waals surface area contributed by atoms with Gasteiger partial charge in [0.2, 0.25) is 0 Å². The first-order chi connectivity index (χ1) is 15.2. The second-order valence-electron chi connectivity index (χ2n) is 8.69. The van der Waals surface area contributed by atoms with E-state index in [1.54, 1.807) is 45.3 Å². The van der Waals surface area contributed by atoms with Crippen molar-refractivity contribution >= 4 is 28.7 Å². The van der Waals surface area contributed by atoms with Crippen molar-refractivity contribution in [1.82, 2.24) is 0 Å². The third-order valence-electron chi connectivity index (χ3n) is 5.52. The molecule has 1 amide bonds. The van der Waals surface area contributed by atoms with E-state index in [0.717, 1.165) is 10.4 Å². The van der Waals surface area contributed by atoms with Gasteiger partial charge in [-0.05, 0) is 35.2 Å². The molecule has 1 aromatic heterocycles. The van der Waals surface area contributed by atoms with Gasteiger partial charge >= 0.3 is 0 Å². The fraction of sp³-hybridized carbons (Fsp3) is 0.231. The summed E-state index contributed by atoms with van der Waals surface area (Å²) >= 11 is 1.63. The average Bonchev–Trinajstić information content (AvgIpc) is 3.40. The first-order valence-corrected chi connectivity index (χ1v) is 11.2. The molecule has 5 nitrogen and oxygen atoms in total. The molecular weight excluding hydrogens is 422 g/mol. The van der Waals surface area contributed by atoms with Crippen LogP contribution in [0.3, 0.4) is 0 Å². The zero-order chi connectivity index (χ0) is 23.0. The van der Waals surface area contributed by atoms with Gasteiger partial charge in [0.05, 0.1) is 18.7 Å². The molecule has 2 aromatic carbocycles. The molecule has 1 unspecified atom stereocenters. The summed E-state index contributed by atoms with van der Waals surface area (Å²) in [5, 5.41) is 12.9. The van der Waals surface area contributed by atoms with E-state index in [4.69, 9.17) is 4.74 Å². The van der Waals surface area contributed by atoms with Crippen LogP contribution in [0.5, 0.6) is 5.75 Å². The maximum atomic E-state index is 13.4. The van der Waals surface area contributed by atoms with Crippen molar-refractivity contribution in [3.63, 3.8) is 0 Å². The Bertz CT molecular complexity index is 1190. The lowest BCUT2D eigenvalue weighted by Gasteiger charge is -2.30. The number of aliphatic hydroxyl groups is 1. The molecule has 4 rings (SSSR count). The number of benzene rings is 2. The third-order valence-corrected chi connectivity index (χ3v) is 6.44. The molecule has 0 fully saturated rings. The molecular formula is C26H25NO4S. The lowest BCUT2D eigenvalue weighted by Crippen LogP contribution is -2.33. The number of hydrogen-bond acceptors (Lipinski definition) is 5. The fourth-order valence-corrected chi connectivity index (χ4v) is 4.66. The van der Waals surface area contributed by atoms with Crippen LogP contribution in [0.2, 0.25) is 0 Å². The quantitative estimate of drug-likeness (QED) is 0.526. The van der Waals surface area contributed by atoms with Gasteiger partial charge in [-0.1, -0.05) is 57.2 Å². The molecule has 32 heavy (non-hydrogen) atoms. The number of para-hydroxylation sites is 1. The summed E-state index contributed by atoms with van der Waals surface area (Å²) in [5.41, 5.74) is 1.58. The van der Waals surface area contributed by atoms with Crippen molar-refractivity contribution in [2.75, 3.05) is 12.0 Å². The molecule has 1 aliphatic rings. The van der Waals surface area contributed by atoms with Crippen LogP contribution in [-0.4, -0.2) is 23.9 Å². The van der Waals surface area contributed by atoms with Gasteiger partial charge < -0.3 is 9.84 Å². The van der Waals surface area contributed by atoms with Crippen LogP contribution >= 0.6 is 11.3 Å². The Morgan fingerprint density at radius 2 is 1.72 bits per heavy atom. The van der Waals surface area contributed by atoms with Crippen molar-refractivity contribution < 1.29 is 19.4 Å². The zero-order valence-electron chi connectivity index (χ0n) is 18.5. The van der Waals surface area contributed by atoms with E-state index in [2.05, 4.69) is 0 Å². The molecule has 0 radical (unpaired) electrons. The number of methoxy groups -OCH3 is 1. The molecule has 2 heterocycles. The molecule has 0 aliphatic carbocycles. The van der Waals surface area contributed by atoms with E-state index in [1.165, 1.54) is 4.90 Å². The summed E-state index contributed by atoms with van der Waals surface area (Å²) in [5.74, 6) is -0.850. The van der Waals surface area contributed by atoms with Crippen LogP contribution in [0.1, 0.15) is 32.4 Å². The lowest BCUT2D eigenvalue weighted by atomic mass is 9.82. The number of aliphatic hydroxyl groups excluding tert-OH is 1. The number of amides is 1. The standard InChI is InChI=1S/C26H25NO4S/c1-26(2,3)24(29)21-22(18-8-5-6-9-19(18)31-4)27(25(30)23(21)28)17-13-11-16(12-14-17)20-10-7-15-32-20/h5-15,22,28H,1-4H3. The SMILES string of the molecule is COc1ccccc1C1C(C(=O)C(C)(C)C)=C(O)C(=O)N1c1ccc(-c2cccs2)cc1. The molecule has 3 aromatic rings. The van der Waals surface area contributed by atoms with Crippen molar-refractivity contribution in [2.24, 2.45) is 5.41 Å². The number of anilines is 1. The molecule has 0 saturated heterocycles. The topological polar surface area (TPSA) is 66.8 Å². The van der Waals surface area contributed by atoms with Crippen LogP contribution in [-0.2, 0) is 9.59 Å². The molecule has 1 N–H and O–H groups in total. The Hall–Kier alpha value is -3.38. The predicted octanol–water partition coefficient (Wildman–Crippen LogP) is 5.94. The van der Waals surface area contributed by atoms with Gasteiger partial charge in [0.1, 0.15) is 5.75 Å². The summed E-state index contributed by atoms with van der Waals surface area (Å²) in [6, 6.07) is 18.0. The summed E-state index contributed by atoms with van der Waals surface area (Å²) in [4.78, 5) is 29.2. The normalized spacial score (nSPS) is 16.6. The monoisotopic (exact) mass is 447 g/mol. The number of ether oxygens (including phenoxy) is 1. The second kappa shape index (κ2) is 8.28. The highest BCUT2D eigenvalue weighted by Gasteiger charge is 2.47. The van der Waals surface area contributed by atoms with E-state index in [0.29, 0.717) is 17.0 Å². The van der Waals surface area contributed by atoms with E-state index in [1.807, 2.05) is 60.0 Å². The maximum Gasteiger partial charge on any atom is 0.294 e. The molecule has 164 valence electrons. The van der Waals surface area contributed by atoms with Gasteiger partial charge in [0, 0.05) is 21.5 Å². The van der Waals surface area contributed by atoms with Crippen LogP contribution in [0.15, 0.2) is 77.4 Å². The van der Waals surface area contributed by atoms with E-state index >= 15 is 0 Å². The van der Waals surface area contributed by atoms with Gasteiger partial charge in [-0.3, -0.25) is 14.5 Å². The number of nitrogens with zero attached hydrogens (tertiary/aromatic N) is 1. The predicted molar refractivity (Wildman–Crippen MR) is 127 cm³/mol. The highest BCUT2D eigenvalue weighted by molar-refractivity contribution is 7.13. The Labute approximate surface area is 191 Å². The summed E-state index contributed by atoms with van der Waals surface area (Å²) in [6.45, 7) is 5.33. The van der Waals surface area contributed by atoms with E-state index < -0.39 is 23.1 Å². The first kappa shape index (κ1) is 21.8. The fourth-order valence-electron chi connectivity index (χ4n) is 3.92. The van der Waals surface area contributed by atoms with E-state index in [9.17, 15) is 14.7 Å². The number of carbonyl (C=O) groups is 2. The molecule has 0 bridgehead atoms. The summed E-state index contributed by atoms with van der Waals surface area (Å²) in [6.07, 6.45) is 0. The number of hydrogen-bond donors (Lipinski definition) is 1. The first-order valence-electron chi connectivity index (χ1n) is 10.3. The Balaban J connectivity index is 1.86. The Morgan fingerprint density at radius 1 is 1.03 bits per heavy atom. The van der Waals surface area contributed by atoms with Crippen molar-refractivity contribution in [3.8, 4) is 16.2 Å². The minimum atomic E-state index is -0.794. The third kappa shape index (κ3) is 3.71. The van der Waals surface area contributed by atoms with Crippen LogP contribution in [0.4, 0.5) is 5.69 Å². The van der Waals surface area contributed by atoms with Crippen molar-refractivity contribution in [3.05, 3.63) is 82.9 Å². The number of thiophene rings is 1. The van der Waals surface area contributed by atoms with Gasteiger partial charge in [0.25, 0.3) is 5.91 Å². The van der Waals surface area contributed by atoms with Gasteiger partial charge in [-0.25, -0.2) is 0 Å². The molecule has 1 atom stereocenters. The van der Waals surface area contributed by atoms with Crippen molar-refractivity contribution in [1.29, 1.82) is 0 Å². The number of ketones is 1. The molecule has 1 aliphatic heterocycles. The maximum absolute atomic E-state index is 13.4. The van der Waals surface area contributed by atoms with E-state index in [-0.39, 0.29) is 11.4 Å². The molecule has 0 spiro atoms. The number of Topliss-reactive ketones (excluding diaryl/α,β-unsaturated/α-hetero) is 1. The summed E-state index contributed by atoms with van der Waals surface area (Å²) in [7, 11) is 1.55. The summed E-state index contributed by atoms with van der Waals surface area (Å²) < 4.78 is 5.54. The van der Waals surface area contributed by atoms with Gasteiger partial charge in [-0.15, -0.1) is 11.3 Å². The average molecular weight is 448 g/mol. The van der Waals surface area contributed by atoms with Crippen LogP contribution in [0.25, 0.3) is 10.4 Å². The molecule has 6 heteroatoms. The zero-order valence-corrected chi connectivity index (χ0v) is 19.3. The second-order valence-corrected chi connectivity index (χ2v) is 9.63. The lowest BCUT2D eigenvalue weighted by molar-refractivity contribution is -0.123. The minimum Gasteiger partial charge on any atom is -0.503 e. The smallest absolute Gasteiger partial charge is 0.294 e. The van der Waals surface area contributed by atoms with Crippen LogP contribution < -0.4 is 9.64 Å². The van der Waals surface area contributed by atoms with Gasteiger partial charge in [0.15, 0.2) is 11.5 Å². The van der Waals surface area contributed by atoms with Crippen molar-refractivity contribution in [2.45, 2.75) is 26.8 Å². The molecule has 0 saturated carbocycles. The minimum absolute atomic E-state index is 0.0920. The Morgan fingerprint density at radius 3 is 2.31 bits per heavy atom.